The molecule has 1 aromatic carbocycles. The van der Waals surface area contributed by atoms with Crippen LogP contribution in [0.25, 0.3) is 0 Å². The molecule has 0 saturated carbocycles. The minimum absolute atomic E-state index is 0.0206. The van der Waals surface area contributed by atoms with Gasteiger partial charge >= 0.3 is 0 Å². The van der Waals surface area contributed by atoms with Gasteiger partial charge in [0.15, 0.2) is 0 Å². The van der Waals surface area contributed by atoms with Crippen molar-refractivity contribution in [3.8, 4) is 0 Å². The number of nitrogens with two attached hydrogens (primary N) is 1. The Kier molecular flexibility index (Phi) is 5.26. The normalized spacial score (nSPS) is 11.8. The van der Waals surface area contributed by atoms with Crippen LogP contribution in [0.5, 0.6) is 0 Å². The van der Waals surface area contributed by atoms with E-state index in [4.69, 9.17) is 5.73 Å². The molecule has 1 heterocycles. The van der Waals surface area contributed by atoms with Gasteiger partial charge in [-0.25, -0.2) is 0 Å². The number of hydrogen-bond donors (Lipinski definition) is 2. The predicted octanol–water partition coefficient (Wildman–Crippen LogP) is 1.48. The summed E-state index contributed by atoms with van der Waals surface area (Å²) in [6.45, 7) is 0.914. The molecule has 0 aliphatic carbocycles. The molecule has 1 amide bonds. The number of benzene rings is 1. The van der Waals surface area contributed by atoms with E-state index in [0.29, 0.717) is 13.1 Å². The molecule has 0 bridgehead atoms. The molecule has 4 nitrogen and oxygen atoms in total. The van der Waals surface area contributed by atoms with Crippen molar-refractivity contribution in [2.45, 2.75) is 12.3 Å². The standard InChI is InChI=1S/C16H19N3O/c17-12-15(14-4-2-1-3-5-14)16(20)19-11-8-13-6-9-18-10-7-13/h1-7,9-10,15H,8,11-12,17H2,(H,19,20). The van der Waals surface area contributed by atoms with E-state index in [1.807, 2.05) is 42.5 Å². The van der Waals surface area contributed by atoms with Gasteiger partial charge in [-0.1, -0.05) is 30.3 Å². The van der Waals surface area contributed by atoms with Crippen LogP contribution in [-0.2, 0) is 11.2 Å². The average Bonchev–Trinajstić information content (AvgIpc) is 2.50. The predicted molar refractivity (Wildman–Crippen MR) is 79.2 cm³/mol. The Morgan fingerprint density at radius 1 is 1.15 bits per heavy atom. The Morgan fingerprint density at radius 3 is 2.50 bits per heavy atom. The zero-order chi connectivity index (χ0) is 14.2. The Hall–Kier alpha value is -2.20. The fourth-order valence-electron chi connectivity index (χ4n) is 2.08. The highest BCUT2D eigenvalue weighted by Gasteiger charge is 2.17. The molecular formula is C16H19N3O. The summed E-state index contributed by atoms with van der Waals surface area (Å²) in [7, 11) is 0. The second kappa shape index (κ2) is 7.40. The third kappa shape index (κ3) is 3.90. The van der Waals surface area contributed by atoms with Gasteiger partial charge in [0.2, 0.25) is 5.91 Å². The van der Waals surface area contributed by atoms with Crippen LogP contribution in [0.3, 0.4) is 0 Å². The Bertz CT molecular complexity index is 528. The quantitative estimate of drug-likeness (QED) is 0.834. The highest BCUT2D eigenvalue weighted by atomic mass is 16.1. The van der Waals surface area contributed by atoms with E-state index in [0.717, 1.165) is 17.5 Å². The molecule has 0 aliphatic heterocycles. The van der Waals surface area contributed by atoms with Crippen molar-refractivity contribution in [1.82, 2.24) is 10.3 Å². The van der Waals surface area contributed by atoms with Crippen molar-refractivity contribution in [3.05, 3.63) is 66.0 Å². The summed E-state index contributed by atoms with van der Waals surface area (Å²) in [5.74, 6) is -0.304. The maximum absolute atomic E-state index is 12.2. The first-order valence-corrected chi connectivity index (χ1v) is 6.73. The molecule has 1 unspecified atom stereocenters. The third-order valence-electron chi connectivity index (χ3n) is 3.22. The maximum Gasteiger partial charge on any atom is 0.228 e. The second-order valence-corrected chi connectivity index (χ2v) is 4.60. The van der Waals surface area contributed by atoms with E-state index >= 15 is 0 Å². The summed E-state index contributed by atoms with van der Waals surface area (Å²) in [4.78, 5) is 16.1. The van der Waals surface area contributed by atoms with Crippen LogP contribution in [0.4, 0.5) is 0 Å². The lowest BCUT2D eigenvalue weighted by Gasteiger charge is -2.15. The van der Waals surface area contributed by atoms with Gasteiger partial charge < -0.3 is 11.1 Å². The largest absolute Gasteiger partial charge is 0.355 e. The number of nitrogens with one attached hydrogen (secondary N) is 1. The molecule has 104 valence electrons. The molecule has 2 rings (SSSR count). The molecule has 4 heteroatoms. The Balaban J connectivity index is 1.87. The number of pyridine rings is 1. The first kappa shape index (κ1) is 14.2. The van der Waals surface area contributed by atoms with E-state index in [2.05, 4.69) is 10.3 Å². The SMILES string of the molecule is NCC(C(=O)NCCc1ccncc1)c1ccccc1. The molecule has 0 fully saturated rings. The lowest BCUT2D eigenvalue weighted by Crippen LogP contribution is -2.34. The van der Waals surface area contributed by atoms with Crippen LogP contribution < -0.4 is 11.1 Å². The molecule has 1 aromatic heterocycles. The lowest BCUT2D eigenvalue weighted by molar-refractivity contribution is -0.122. The molecular weight excluding hydrogens is 250 g/mol. The van der Waals surface area contributed by atoms with E-state index < -0.39 is 0 Å². The molecule has 0 radical (unpaired) electrons. The van der Waals surface area contributed by atoms with Crippen LogP contribution in [0, 0.1) is 0 Å². The van der Waals surface area contributed by atoms with E-state index in [1.54, 1.807) is 12.4 Å². The van der Waals surface area contributed by atoms with Crippen LogP contribution in [0.2, 0.25) is 0 Å². The van der Waals surface area contributed by atoms with Crippen molar-refractivity contribution in [1.29, 1.82) is 0 Å². The molecule has 2 aromatic rings. The monoisotopic (exact) mass is 269 g/mol. The molecule has 20 heavy (non-hydrogen) atoms. The summed E-state index contributed by atoms with van der Waals surface area (Å²) in [6, 6.07) is 13.5. The van der Waals surface area contributed by atoms with E-state index in [9.17, 15) is 4.79 Å². The lowest BCUT2D eigenvalue weighted by atomic mass is 9.98. The number of carbonyl (C=O) groups is 1. The van der Waals surface area contributed by atoms with Gasteiger partial charge in [-0.15, -0.1) is 0 Å². The summed E-state index contributed by atoms with van der Waals surface area (Å²) < 4.78 is 0. The smallest absolute Gasteiger partial charge is 0.228 e. The van der Waals surface area contributed by atoms with Gasteiger partial charge in [-0.05, 0) is 29.7 Å². The molecule has 0 spiro atoms. The van der Waals surface area contributed by atoms with Crippen molar-refractivity contribution in [2.75, 3.05) is 13.1 Å². The summed E-state index contributed by atoms with van der Waals surface area (Å²) >= 11 is 0. The first-order chi connectivity index (χ1) is 9.81. The van der Waals surface area contributed by atoms with Crippen LogP contribution in [0.15, 0.2) is 54.9 Å². The van der Waals surface area contributed by atoms with Crippen molar-refractivity contribution in [2.24, 2.45) is 5.73 Å². The van der Waals surface area contributed by atoms with Gasteiger partial charge in [0, 0.05) is 25.5 Å². The topological polar surface area (TPSA) is 68.0 Å². The molecule has 0 aliphatic rings. The van der Waals surface area contributed by atoms with Gasteiger partial charge in [0.05, 0.1) is 5.92 Å². The minimum atomic E-state index is -0.284. The highest BCUT2D eigenvalue weighted by molar-refractivity contribution is 5.83. The number of carbonyl (C=O) groups excluding carboxylic acids is 1. The van der Waals surface area contributed by atoms with Crippen molar-refractivity contribution < 1.29 is 4.79 Å². The number of rotatable bonds is 6. The van der Waals surface area contributed by atoms with Gasteiger partial charge in [0.1, 0.15) is 0 Å². The minimum Gasteiger partial charge on any atom is -0.355 e. The third-order valence-corrected chi connectivity index (χ3v) is 3.22. The fraction of sp³-hybridized carbons (Fsp3) is 0.250. The van der Waals surface area contributed by atoms with Crippen LogP contribution in [-0.4, -0.2) is 24.0 Å². The second-order valence-electron chi connectivity index (χ2n) is 4.60. The number of hydrogen-bond acceptors (Lipinski definition) is 3. The van der Waals surface area contributed by atoms with Crippen molar-refractivity contribution >= 4 is 5.91 Å². The molecule has 0 saturated heterocycles. The zero-order valence-electron chi connectivity index (χ0n) is 11.3. The number of amides is 1. The van der Waals surface area contributed by atoms with Gasteiger partial charge in [-0.2, -0.15) is 0 Å². The Morgan fingerprint density at radius 2 is 1.85 bits per heavy atom. The first-order valence-electron chi connectivity index (χ1n) is 6.73. The Labute approximate surface area is 119 Å². The highest BCUT2D eigenvalue weighted by Crippen LogP contribution is 2.14. The van der Waals surface area contributed by atoms with Crippen LogP contribution >= 0.6 is 0 Å². The summed E-state index contributed by atoms with van der Waals surface area (Å²) in [5, 5.41) is 2.94. The summed E-state index contributed by atoms with van der Waals surface area (Å²) in [5.41, 5.74) is 7.83. The maximum atomic E-state index is 12.2. The zero-order valence-corrected chi connectivity index (χ0v) is 11.3. The molecule has 3 N–H and O–H groups in total. The summed E-state index contributed by atoms with van der Waals surface area (Å²) in [6.07, 6.45) is 4.30. The number of aromatic nitrogens is 1. The molecule has 1 atom stereocenters. The van der Waals surface area contributed by atoms with Crippen molar-refractivity contribution in [3.63, 3.8) is 0 Å². The number of nitrogens with zero attached hydrogens (tertiary/aromatic N) is 1. The van der Waals surface area contributed by atoms with Gasteiger partial charge in [0.25, 0.3) is 0 Å². The van der Waals surface area contributed by atoms with Crippen LogP contribution in [0.1, 0.15) is 17.0 Å². The van der Waals surface area contributed by atoms with Gasteiger partial charge in [-0.3, -0.25) is 9.78 Å². The van der Waals surface area contributed by atoms with E-state index in [-0.39, 0.29) is 11.8 Å². The fourth-order valence-corrected chi connectivity index (χ4v) is 2.08. The van der Waals surface area contributed by atoms with E-state index in [1.165, 1.54) is 0 Å². The average molecular weight is 269 g/mol.